The number of rotatable bonds is 8. The van der Waals surface area contributed by atoms with Crippen LogP contribution in [-0.4, -0.2) is 29.8 Å². The van der Waals surface area contributed by atoms with Gasteiger partial charge in [-0.25, -0.2) is 18.4 Å². The molecule has 4 aromatic rings. The number of aliphatic carboxylic acids is 1. The number of fused-ring (bicyclic) bond motifs is 3. The Morgan fingerprint density at radius 1 is 0.857 bits per heavy atom. The van der Waals surface area contributed by atoms with Crippen molar-refractivity contribution in [1.29, 1.82) is 0 Å². The molecule has 1 unspecified atom stereocenters. The van der Waals surface area contributed by atoms with E-state index >= 15 is 0 Å². The normalized spacial score (nSPS) is 13.2. The Bertz CT molecular complexity index is 1590. The SMILES string of the molecule is O=C(NC(Cc1ccccc1Oc1c(F)cc(C(F)(F)F)cc1F)C(=O)O)OCC1c2ccccc2-c2ccccc21. The van der Waals surface area contributed by atoms with Crippen LogP contribution in [0.25, 0.3) is 11.1 Å². The Kier molecular flexibility index (Phi) is 7.84. The lowest BCUT2D eigenvalue weighted by Crippen LogP contribution is -2.43. The van der Waals surface area contributed by atoms with Gasteiger partial charge in [-0.2, -0.15) is 13.2 Å². The molecule has 0 aliphatic heterocycles. The molecule has 0 aromatic heterocycles. The van der Waals surface area contributed by atoms with Crippen molar-refractivity contribution in [3.8, 4) is 22.6 Å². The second-order valence-corrected chi connectivity index (χ2v) is 9.54. The Morgan fingerprint density at radius 3 is 1.98 bits per heavy atom. The summed E-state index contributed by atoms with van der Waals surface area (Å²) in [7, 11) is 0. The second-order valence-electron chi connectivity index (χ2n) is 9.54. The van der Waals surface area contributed by atoms with Crippen molar-refractivity contribution >= 4 is 12.1 Å². The van der Waals surface area contributed by atoms with Crippen LogP contribution < -0.4 is 10.1 Å². The Balaban J connectivity index is 1.29. The monoisotopic (exact) mass is 583 g/mol. The fourth-order valence-electron chi connectivity index (χ4n) is 4.91. The molecule has 11 heteroatoms. The van der Waals surface area contributed by atoms with Crippen molar-refractivity contribution in [3.63, 3.8) is 0 Å². The average Bonchev–Trinajstić information content (AvgIpc) is 3.27. The molecule has 0 fully saturated rings. The minimum Gasteiger partial charge on any atom is -0.480 e. The van der Waals surface area contributed by atoms with Crippen molar-refractivity contribution in [2.75, 3.05) is 6.61 Å². The predicted molar refractivity (Wildman–Crippen MR) is 141 cm³/mol. The van der Waals surface area contributed by atoms with Crippen LogP contribution in [0, 0.1) is 11.6 Å². The fraction of sp³-hybridized carbons (Fsp3) is 0.161. The first kappa shape index (κ1) is 28.6. The van der Waals surface area contributed by atoms with Gasteiger partial charge in [0.25, 0.3) is 0 Å². The molecule has 0 bridgehead atoms. The van der Waals surface area contributed by atoms with Gasteiger partial charge < -0.3 is 19.9 Å². The van der Waals surface area contributed by atoms with Crippen LogP contribution in [0.2, 0.25) is 0 Å². The molecule has 6 nitrogen and oxygen atoms in total. The van der Waals surface area contributed by atoms with Crippen LogP contribution >= 0.6 is 0 Å². The highest BCUT2D eigenvalue weighted by atomic mass is 19.4. The van der Waals surface area contributed by atoms with Gasteiger partial charge in [-0.3, -0.25) is 0 Å². The zero-order chi connectivity index (χ0) is 30.0. The highest BCUT2D eigenvalue weighted by Crippen LogP contribution is 2.44. The van der Waals surface area contributed by atoms with Gasteiger partial charge in [0, 0.05) is 12.3 Å². The first-order valence-corrected chi connectivity index (χ1v) is 12.7. The van der Waals surface area contributed by atoms with Crippen LogP contribution in [0.1, 0.15) is 28.2 Å². The number of amides is 1. The number of hydrogen-bond acceptors (Lipinski definition) is 4. The number of alkyl halides is 3. The molecule has 4 aromatic carbocycles. The topological polar surface area (TPSA) is 84.9 Å². The number of carbonyl (C=O) groups is 2. The van der Waals surface area contributed by atoms with E-state index in [1.807, 2.05) is 48.5 Å². The van der Waals surface area contributed by atoms with Crippen molar-refractivity contribution in [2.45, 2.75) is 24.6 Å². The number of carbonyl (C=O) groups excluding carboxylic acids is 1. The van der Waals surface area contributed by atoms with Gasteiger partial charge in [0.2, 0.25) is 0 Å². The molecular weight excluding hydrogens is 561 g/mol. The van der Waals surface area contributed by atoms with Crippen molar-refractivity contribution < 1.29 is 46.1 Å². The highest BCUT2D eigenvalue weighted by molar-refractivity contribution is 5.81. The number of hydrogen-bond donors (Lipinski definition) is 2. The van der Waals surface area contributed by atoms with Crippen LogP contribution in [0.5, 0.6) is 11.5 Å². The molecule has 1 atom stereocenters. The summed E-state index contributed by atoms with van der Waals surface area (Å²) in [6.45, 7) is -0.0572. The van der Waals surface area contributed by atoms with Gasteiger partial charge in [-0.1, -0.05) is 66.7 Å². The molecule has 0 saturated heterocycles. The third kappa shape index (κ3) is 5.90. The molecule has 1 aliphatic carbocycles. The number of halogens is 5. The van der Waals surface area contributed by atoms with E-state index in [-0.39, 0.29) is 42.4 Å². The van der Waals surface area contributed by atoms with Crippen molar-refractivity contribution in [3.05, 3.63) is 119 Å². The molecule has 42 heavy (non-hydrogen) atoms. The average molecular weight is 584 g/mol. The Morgan fingerprint density at radius 2 is 1.40 bits per heavy atom. The number of ether oxygens (including phenoxy) is 2. The van der Waals surface area contributed by atoms with Gasteiger partial charge in [0.05, 0.1) is 5.56 Å². The highest BCUT2D eigenvalue weighted by Gasteiger charge is 2.34. The van der Waals surface area contributed by atoms with Crippen LogP contribution in [-0.2, 0) is 22.1 Å². The van der Waals surface area contributed by atoms with Crippen LogP contribution in [0.3, 0.4) is 0 Å². The molecule has 216 valence electrons. The van der Waals surface area contributed by atoms with Crippen LogP contribution in [0.15, 0.2) is 84.9 Å². The zero-order valence-corrected chi connectivity index (χ0v) is 21.6. The quantitative estimate of drug-likeness (QED) is 0.213. The van der Waals surface area contributed by atoms with Gasteiger partial charge in [-0.15, -0.1) is 0 Å². The molecule has 5 rings (SSSR count). The first-order valence-electron chi connectivity index (χ1n) is 12.7. The summed E-state index contributed by atoms with van der Waals surface area (Å²) in [6.07, 6.45) is -6.36. The summed E-state index contributed by atoms with van der Waals surface area (Å²) in [5, 5.41) is 12.0. The van der Waals surface area contributed by atoms with E-state index in [1.54, 1.807) is 0 Å². The number of alkyl carbamates (subject to hydrolysis) is 1. The van der Waals surface area contributed by atoms with Gasteiger partial charge in [0.1, 0.15) is 18.4 Å². The van der Waals surface area contributed by atoms with Crippen molar-refractivity contribution in [2.24, 2.45) is 0 Å². The summed E-state index contributed by atoms with van der Waals surface area (Å²) < 4.78 is 78.1. The smallest absolute Gasteiger partial charge is 0.416 e. The van der Waals surface area contributed by atoms with E-state index in [2.05, 4.69) is 5.32 Å². The van der Waals surface area contributed by atoms with Gasteiger partial charge in [0.15, 0.2) is 17.4 Å². The molecule has 0 heterocycles. The third-order valence-electron chi connectivity index (χ3n) is 6.87. The summed E-state index contributed by atoms with van der Waals surface area (Å²) in [5.41, 5.74) is 2.55. The first-order chi connectivity index (χ1) is 20.0. The van der Waals surface area contributed by atoms with E-state index < -0.39 is 47.2 Å². The van der Waals surface area contributed by atoms with E-state index in [9.17, 15) is 36.6 Å². The summed E-state index contributed by atoms with van der Waals surface area (Å²) in [6, 6.07) is 19.6. The van der Waals surface area contributed by atoms with E-state index in [0.717, 1.165) is 22.3 Å². The Labute approximate surface area is 236 Å². The van der Waals surface area contributed by atoms with E-state index in [0.29, 0.717) is 0 Å². The molecular formula is C31H22F5NO5. The minimum atomic E-state index is -4.97. The number of carboxylic acids is 1. The third-order valence-corrected chi connectivity index (χ3v) is 6.87. The van der Waals surface area contributed by atoms with E-state index in [4.69, 9.17) is 9.47 Å². The molecule has 2 N–H and O–H groups in total. The van der Waals surface area contributed by atoms with E-state index in [1.165, 1.54) is 24.3 Å². The maximum absolute atomic E-state index is 14.4. The van der Waals surface area contributed by atoms with Gasteiger partial charge >= 0.3 is 18.2 Å². The zero-order valence-electron chi connectivity index (χ0n) is 21.6. The maximum atomic E-state index is 14.4. The molecule has 1 amide bonds. The molecule has 1 aliphatic rings. The second kappa shape index (κ2) is 11.5. The summed E-state index contributed by atoms with van der Waals surface area (Å²) in [5.74, 6) is -6.17. The largest absolute Gasteiger partial charge is 0.480 e. The maximum Gasteiger partial charge on any atom is 0.416 e. The minimum absolute atomic E-state index is 0.0572. The summed E-state index contributed by atoms with van der Waals surface area (Å²) in [4.78, 5) is 24.7. The number of benzene rings is 4. The lowest BCUT2D eigenvalue weighted by atomic mass is 9.98. The molecule has 0 radical (unpaired) electrons. The fourth-order valence-corrected chi connectivity index (χ4v) is 4.91. The molecule has 0 saturated carbocycles. The lowest BCUT2D eigenvalue weighted by molar-refractivity contribution is -0.139. The van der Waals surface area contributed by atoms with Gasteiger partial charge in [-0.05, 0) is 46.0 Å². The Hall–Kier alpha value is -4.93. The number of nitrogens with one attached hydrogen (secondary N) is 1. The standard InChI is InChI=1S/C31H22F5NO5/c32-24-14-18(31(34,35)36)15-25(33)28(24)42-27-12-6-1-7-17(27)13-26(29(38)39)37-30(40)41-16-23-21-10-4-2-8-19(21)20-9-3-5-11-22(20)23/h1-12,14-15,23,26H,13,16H2,(H,37,40)(H,38,39). The number of carboxylic acid groups (broad SMARTS) is 1. The summed E-state index contributed by atoms with van der Waals surface area (Å²) >= 11 is 0. The van der Waals surface area contributed by atoms with Crippen LogP contribution in [0.4, 0.5) is 26.7 Å². The number of para-hydroxylation sites is 1. The predicted octanol–water partition coefficient (Wildman–Crippen LogP) is 7.31. The lowest BCUT2D eigenvalue weighted by Gasteiger charge is -2.19. The molecule has 0 spiro atoms. The van der Waals surface area contributed by atoms with Crippen molar-refractivity contribution in [1.82, 2.24) is 5.32 Å².